The number of carboxylic acid groups (broad SMARTS) is 1. The molecule has 2 aromatic rings. The van der Waals surface area contributed by atoms with E-state index in [9.17, 15) is 29.1 Å². The van der Waals surface area contributed by atoms with Gasteiger partial charge < -0.3 is 42.7 Å². The third-order valence-electron chi connectivity index (χ3n) is 9.67. The summed E-state index contributed by atoms with van der Waals surface area (Å²) >= 11 is 0. The fraction of sp³-hybridized carbons (Fsp3) is 0.564. The molecule has 4 atom stereocenters. The van der Waals surface area contributed by atoms with Gasteiger partial charge in [-0.3, -0.25) is 24.0 Å². The number of aliphatic carboxylic acids is 1. The predicted molar refractivity (Wildman–Crippen MR) is 201 cm³/mol. The standard InChI is InChI=1S/C39H59N7O6/c1-4-29(30-15-9-6-10-16-30)25-42-26-34(47)43-33(24-28-13-7-5-8-14-28)36(49)45-32(23-27(2)3)35(48)44-31(17-11-12-20-40)37(50)46-21-18-39(41,19-22-46)38(51)52/h5-10,13-16,27,29,31-33,42H,4,11-12,17-26,40-41H2,1-3H3,(H,43,47)(H,44,48)(H,45,49)(H,51,52)/t29?,31?,32-,33?/m1/s1. The summed E-state index contributed by atoms with van der Waals surface area (Å²) in [6, 6.07) is 16.6. The number of likely N-dealkylation sites (tertiary alicyclic amines) is 1. The number of benzene rings is 2. The largest absolute Gasteiger partial charge is 0.480 e. The summed E-state index contributed by atoms with van der Waals surface area (Å²) in [7, 11) is 0. The highest BCUT2D eigenvalue weighted by Crippen LogP contribution is 2.22. The first kappa shape index (κ1) is 42.1. The average molecular weight is 722 g/mol. The number of carboxylic acids is 1. The minimum atomic E-state index is -1.40. The zero-order valence-corrected chi connectivity index (χ0v) is 30.9. The maximum Gasteiger partial charge on any atom is 0.323 e. The van der Waals surface area contributed by atoms with Crippen LogP contribution in [0.15, 0.2) is 60.7 Å². The third kappa shape index (κ3) is 13.3. The van der Waals surface area contributed by atoms with Crippen molar-refractivity contribution >= 4 is 29.6 Å². The highest BCUT2D eigenvalue weighted by Gasteiger charge is 2.40. The van der Waals surface area contributed by atoms with E-state index in [0.717, 1.165) is 12.0 Å². The van der Waals surface area contributed by atoms with Gasteiger partial charge in [0.1, 0.15) is 23.7 Å². The molecule has 0 spiro atoms. The number of hydrogen-bond acceptors (Lipinski definition) is 8. The van der Waals surface area contributed by atoms with E-state index >= 15 is 0 Å². The van der Waals surface area contributed by atoms with Crippen molar-refractivity contribution in [3.63, 3.8) is 0 Å². The SMILES string of the molecule is CCC(CNCC(=O)NC(Cc1ccccc1)C(=O)N[C@H](CC(C)C)C(=O)NC(CCCCN)C(=O)N1CCC(N)(C(=O)O)CC1)c1ccccc1. The molecule has 0 saturated carbocycles. The van der Waals surface area contributed by atoms with Crippen LogP contribution >= 0.6 is 0 Å². The van der Waals surface area contributed by atoms with Crippen molar-refractivity contribution in [2.75, 3.05) is 32.7 Å². The van der Waals surface area contributed by atoms with Crippen LogP contribution in [-0.4, -0.2) is 96.0 Å². The Kier molecular flexibility index (Phi) is 17.2. The van der Waals surface area contributed by atoms with E-state index in [2.05, 4.69) is 40.3 Å². The van der Waals surface area contributed by atoms with Crippen molar-refractivity contribution in [1.29, 1.82) is 0 Å². The quantitative estimate of drug-likeness (QED) is 0.0940. The van der Waals surface area contributed by atoms with Crippen molar-refractivity contribution in [2.24, 2.45) is 17.4 Å². The summed E-state index contributed by atoms with van der Waals surface area (Å²) in [5.74, 6) is -2.56. The lowest BCUT2D eigenvalue weighted by atomic mass is 9.88. The van der Waals surface area contributed by atoms with Crippen LogP contribution in [0.2, 0.25) is 0 Å². The lowest BCUT2D eigenvalue weighted by Crippen LogP contribution is -2.60. The number of carbonyl (C=O) groups is 5. The maximum atomic E-state index is 13.9. The van der Waals surface area contributed by atoms with Crippen LogP contribution < -0.4 is 32.7 Å². The fourth-order valence-corrected chi connectivity index (χ4v) is 6.45. The first-order valence-electron chi connectivity index (χ1n) is 18.6. The molecule has 286 valence electrons. The van der Waals surface area contributed by atoms with Crippen molar-refractivity contribution in [3.8, 4) is 0 Å². The molecule has 0 radical (unpaired) electrons. The summed E-state index contributed by atoms with van der Waals surface area (Å²) in [4.78, 5) is 67.9. The van der Waals surface area contributed by atoms with Gasteiger partial charge in [-0.05, 0) is 74.5 Å². The van der Waals surface area contributed by atoms with Gasteiger partial charge in [0.15, 0.2) is 0 Å². The van der Waals surface area contributed by atoms with Crippen LogP contribution in [0.5, 0.6) is 0 Å². The van der Waals surface area contributed by atoms with Crippen molar-refractivity contribution in [2.45, 2.75) is 102 Å². The monoisotopic (exact) mass is 721 g/mol. The van der Waals surface area contributed by atoms with Crippen molar-refractivity contribution < 1.29 is 29.1 Å². The molecule has 13 heteroatoms. The van der Waals surface area contributed by atoms with Crippen molar-refractivity contribution in [1.82, 2.24) is 26.2 Å². The molecule has 1 fully saturated rings. The average Bonchev–Trinajstić information content (AvgIpc) is 3.13. The number of hydrogen-bond donors (Lipinski definition) is 7. The maximum absolute atomic E-state index is 13.9. The number of amides is 4. The second-order valence-corrected chi connectivity index (χ2v) is 14.3. The van der Waals surface area contributed by atoms with Gasteiger partial charge in [-0.15, -0.1) is 0 Å². The Morgan fingerprint density at radius 1 is 0.846 bits per heavy atom. The van der Waals surface area contributed by atoms with Gasteiger partial charge >= 0.3 is 5.97 Å². The number of piperidine rings is 1. The summed E-state index contributed by atoms with van der Waals surface area (Å²) < 4.78 is 0. The van der Waals surface area contributed by atoms with Crippen LogP contribution in [0, 0.1) is 5.92 Å². The van der Waals surface area contributed by atoms with E-state index in [1.165, 1.54) is 5.56 Å². The summed E-state index contributed by atoms with van der Waals surface area (Å²) in [5.41, 5.74) is 12.4. The molecular weight excluding hydrogens is 662 g/mol. The van der Waals surface area contributed by atoms with E-state index in [-0.39, 0.29) is 62.5 Å². The summed E-state index contributed by atoms with van der Waals surface area (Å²) in [6.45, 7) is 7.29. The second-order valence-electron chi connectivity index (χ2n) is 14.3. The van der Waals surface area contributed by atoms with E-state index < -0.39 is 41.4 Å². The molecule has 1 heterocycles. The lowest BCUT2D eigenvalue weighted by Gasteiger charge is -2.38. The topological polar surface area (TPSA) is 209 Å². The lowest BCUT2D eigenvalue weighted by molar-refractivity contribution is -0.148. The molecule has 3 rings (SSSR count). The molecule has 2 aromatic carbocycles. The zero-order valence-electron chi connectivity index (χ0n) is 30.9. The van der Waals surface area contributed by atoms with Gasteiger partial charge in [0.2, 0.25) is 23.6 Å². The highest BCUT2D eigenvalue weighted by atomic mass is 16.4. The number of carbonyl (C=O) groups excluding carboxylic acids is 4. The number of nitrogens with two attached hydrogens (primary N) is 2. The van der Waals surface area contributed by atoms with Gasteiger partial charge in [-0.25, -0.2) is 0 Å². The number of nitrogens with one attached hydrogen (secondary N) is 4. The fourth-order valence-electron chi connectivity index (χ4n) is 6.45. The first-order chi connectivity index (χ1) is 24.9. The Balaban J connectivity index is 1.72. The van der Waals surface area contributed by atoms with E-state index in [1.54, 1.807) is 4.90 Å². The molecule has 0 aliphatic carbocycles. The minimum absolute atomic E-state index is 0.0125. The van der Waals surface area contributed by atoms with Gasteiger partial charge in [-0.1, -0.05) is 81.4 Å². The molecule has 13 nitrogen and oxygen atoms in total. The molecule has 1 saturated heterocycles. The van der Waals surface area contributed by atoms with E-state index in [0.29, 0.717) is 38.8 Å². The predicted octanol–water partition coefficient (Wildman–Crippen LogP) is 2.05. The van der Waals surface area contributed by atoms with Gasteiger partial charge in [0.05, 0.1) is 6.54 Å². The third-order valence-corrected chi connectivity index (χ3v) is 9.67. The molecule has 4 amide bonds. The normalized spacial score (nSPS) is 16.3. The van der Waals surface area contributed by atoms with Gasteiger partial charge in [-0.2, -0.15) is 0 Å². The Morgan fingerprint density at radius 3 is 2.02 bits per heavy atom. The van der Waals surface area contributed by atoms with Crippen LogP contribution in [0.4, 0.5) is 0 Å². The van der Waals surface area contributed by atoms with Crippen LogP contribution in [0.25, 0.3) is 0 Å². The smallest absolute Gasteiger partial charge is 0.323 e. The Labute approximate surface area is 308 Å². The van der Waals surface area contributed by atoms with Crippen LogP contribution in [0.3, 0.4) is 0 Å². The van der Waals surface area contributed by atoms with Crippen LogP contribution in [0.1, 0.15) is 82.8 Å². The van der Waals surface area contributed by atoms with Gasteiger partial charge in [0.25, 0.3) is 0 Å². The zero-order chi connectivity index (χ0) is 38.1. The second kappa shape index (κ2) is 21.3. The minimum Gasteiger partial charge on any atom is -0.480 e. The Morgan fingerprint density at radius 2 is 1.44 bits per heavy atom. The number of nitrogens with zero attached hydrogens (tertiary/aromatic N) is 1. The van der Waals surface area contributed by atoms with Gasteiger partial charge in [0, 0.05) is 26.1 Å². The first-order valence-corrected chi connectivity index (χ1v) is 18.6. The molecule has 0 aromatic heterocycles. The molecule has 1 aliphatic heterocycles. The number of unbranched alkanes of at least 4 members (excludes halogenated alkanes) is 1. The molecular formula is C39H59N7O6. The summed E-state index contributed by atoms with van der Waals surface area (Å²) in [6.07, 6.45) is 3.16. The van der Waals surface area contributed by atoms with E-state index in [1.807, 2.05) is 62.4 Å². The van der Waals surface area contributed by atoms with Crippen LogP contribution in [-0.2, 0) is 30.4 Å². The Bertz CT molecular complexity index is 1430. The molecule has 52 heavy (non-hydrogen) atoms. The summed E-state index contributed by atoms with van der Waals surface area (Å²) in [5, 5.41) is 21.4. The van der Waals surface area contributed by atoms with Crippen molar-refractivity contribution in [3.05, 3.63) is 71.8 Å². The highest BCUT2D eigenvalue weighted by molar-refractivity contribution is 5.94. The molecule has 9 N–H and O–H groups in total. The molecule has 3 unspecified atom stereocenters. The number of rotatable bonds is 21. The Hall–Kier alpha value is -4.33. The molecule has 1 aliphatic rings. The van der Waals surface area contributed by atoms with E-state index in [4.69, 9.17) is 11.5 Å². The molecule has 0 bridgehead atoms.